The van der Waals surface area contributed by atoms with Gasteiger partial charge in [-0.05, 0) is 75.8 Å². The molecule has 1 unspecified atom stereocenters. The Morgan fingerprint density at radius 1 is 1.25 bits per heavy atom. The number of carbonyl (C=O) groups is 1. The molecule has 0 aliphatic heterocycles. The highest BCUT2D eigenvalue weighted by Crippen LogP contribution is 2.28. The Morgan fingerprint density at radius 3 is 2.54 bits per heavy atom. The highest BCUT2D eigenvalue weighted by molar-refractivity contribution is 5.97. The lowest BCUT2D eigenvalue weighted by molar-refractivity contribution is 0.0933. The number of fused-ring (bicyclic) bond motifs is 1. The Labute approximate surface area is 142 Å². The summed E-state index contributed by atoms with van der Waals surface area (Å²) < 4.78 is 1.90. The Morgan fingerprint density at radius 2 is 1.92 bits per heavy atom. The quantitative estimate of drug-likeness (QED) is 0.907. The second kappa shape index (κ2) is 6.67. The van der Waals surface area contributed by atoms with E-state index in [1.807, 2.05) is 37.6 Å². The van der Waals surface area contributed by atoms with Gasteiger partial charge in [-0.15, -0.1) is 0 Å². The molecule has 5 nitrogen and oxygen atoms in total. The highest BCUT2D eigenvalue weighted by Gasteiger charge is 2.19. The molecule has 24 heavy (non-hydrogen) atoms. The van der Waals surface area contributed by atoms with Gasteiger partial charge in [-0.1, -0.05) is 0 Å². The summed E-state index contributed by atoms with van der Waals surface area (Å²) in [5.41, 5.74) is 4.78. The number of carbonyl (C=O) groups excluding carboxylic acids is 1. The number of nitrogens with zero attached hydrogens (tertiary/aromatic N) is 2. The van der Waals surface area contributed by atoms with Crippen molar-refractivity contribution >= 4 is 5.91 Å². The van der Waals surface area contributed by atoms with Gasteiger partial charge >= 0.3 is 0 Å². The third-order valence-corrected chi connectivity index (χ3v) is 4.63. The van der Waals surface area contributed by atoms with Crippen LogP contribution in [0.2, 0.25) is 0 Å². The number of amides is 1. The molecule has 0 spiro atoms. The first-order valence-electron chi connectivity index (χ1n) is 8.60. The van der Waals surface area contributed by atoms with Crippen LogP contribution in [0.3, 0.4) is 0 Å². The van der Waals surface area contributed by atoms with Crippen LogP contribution in [0.25, 0.3) is 0 Å². The number of hydrogen-bond donors (Lipinski definition) is 2. The van der Waals surface area contributed by atoms with Crippen molar-refractivity contribution in [1.82, 2.24) is 15.1 Å². The summed E-state index contributed by atoms with van der Waals surface area (Å²) in [6, 6.07) is 5.56. The third-order valence-electron chi connectivity index (χ3n) is 4.63. The fraction of sp³-hybridized carbons (Fsp3) is 0.474. The smallest absolute Gasteiger partial charge is 0.255 e. The number of rotatable bonds is 4. The van der Waals surface area contributed by atoms with Gasteiger partial charge in [0, 0.05) is 11.7 Å². The van der Waals surface area contributed by atoms with E-state index in [0.29, 0.717) is 12.1 Å². The molecule has 0 saturated carbocycles. The van der Waals surface area contributed by atoms with Crippen molar-refractivity contribution in [3.05, 3.63) is 46.3 Å². The van der Waals surface area contributed by atoms with E-state index in [-0.39, 0.29) is 17.7 Å². The molecule has 1 amide bonds. The summed E-state index contributed by atoms with van der Waals surface area (Å²) in [6.45, 7) is 6.52. The predicted octanol–water partition coefficient (Wildman–Crippen LogP) is 2.90. The molecule has 2 N–H and O–H groups in total. The van der Waals surface area contributed by atoms with Crippen LogP contribution in [0.4, 0.5) is 0 Å². The van der Waals surface area contributed by atoms with Gasteiger partial charge in [0.05, 0.1) is 17.8 Å². The molecule has 0 saturated heterocycles. The van der Waals surface area contributed by atoms with Crippen LogP contribution in [0.5, 0.6) is 5.75 Å². The first kappa shape index (κ1) is 16.6. The number of aromatic nitrogens is 2. The van der Waals surface area contributed by atoms with Crippen LogP contribution < -0.4 is 5.32 Å². The van der Waals surface area contributed by atoms with Gasteiger partial charge in [0.15, 0.2) is 0 Å². The van der Waals surface area contributed by atoms with E-state index in [0.717, 1.165) is 37.1 Å². The molecule has 0 radical (unpaired) electrons. The number of benzene rings is 1. The van der Waals surface area contributed by atoms with Gasteiger partial charge in [0.25, 0.3) is 5.91 Å². The molecular weight excluding hydrogens is 302 g/mol. The lowest BCUT2D eigenvalue weighted by Gasteiger charge is -2.19. The van der Waals surface area contributed by atoms with E-state index in [4.69, 9.17) is 0 Å². The van der Waals surface area contributed by atoms with Crippen LogP contribution in [-0.2, 0) is 19.4 Å². The summed E-state index contributed by atoms with van der Waals surface area (Å²) in [6.07, 6.45) is 4.27. The van der Waals surface area contributed by atoms with E-state index >= 15 is 0 Å². The molecular formula is C19H25N3O2. The van der Waals surface area contributed by atoms with Gasteiger partial charge in [-0.3, -0.25) is 9.48 Å². The molecule has 2 aromatic rings. The minimum atomic E-state index is -0.227. The summed E-state index contributed by atoms with van der Waals surface area (Å²) >= 11 is 0. The normalized spacial score (nSPS) is 15.0. The Bertz CT molecular complexity index is 764. The third kappa shape index (κ3) is 3.45. The van der Waals surface area contributed by atoms with E-state index in [9.17, 15) is 9.90 Å². The van der Waals surface area contributed by atoms with Crippen molar-refractivity contribution in [3.8, 4) is 5.75 Å². The number of hydrogen-bond acceptors (Lipinski definition) is 3. The van der Waals surface area contributed by atoms with E-state index in [1.54, 1.807) is 6.07 Å². The Balaban J connectivity index is 1.71. The summed E-state index contributed by atoms with van der Waals surface area (Å²) in [5, 5.41) is 17.6. The van der Waals surface area contributed by atoms with Gasteiger partial charge in [0.1, 0.15) is 5.75 Å². The number of nitrogens with one attached hydrogen (secondary N) is 1. The molecule has 1 heterocycles. The summed E-state index contributed by atoms with van der Waals surface area (Å²) in [7, 11) is 0. The Kier molecular flexibility index (Phi) is 4.60. The molecule has 1 aliphatic rings. The zero-order valence-electron chi connectivity index (χ0n) is 14.6. The van der Waals surface area contributed by atoms with Crippen LogP contribution >= 0.6 is 0 Å². The van der Waals surface area contributed by atoms with Crippen molar-refractivity contribution in [1.29, 1.82) is 0 Å². The largest absolute Gasteiger partial charge is 0.507 e. The molecule has 3 rings (SSSR count). The van der Waals surface area contributed by atoms with Crippen molar-refractivity contribution in [2.24, 2.45) is 0 Å². The lowest BCUT2D eigenvalue weighted by atomic mass is 9.90. The summed E-state index contributed by atoms with van der Waals surface area (Å²) in [4.78, 5) is 12.5. The van der Waals surface area contributed by atoms with Gasteiger partial charge < -0.3 is 10.4 Å². The van der Waals surface area contributed by atoms with Crippen molar-refractivity contribution in [2.75, 3.05) is 0 Å². The number of phenolic OH excluding ortho intramolecular Hbond substituents is 1. The van der Waals surface area contributed by atoms with Crippen molar-refractivity contribution in [2.45, 2.75) is 59.0 Å². The van der Waals surface area contributed by atoms with Gasteiger partial charge in [0.2, 0.25) is 0 Å². The number of phenols is 1. The van der Waals surface area contributed by atoms with Crippen LogP contribution in [0, 0.1) is 13.8 Å². The molecule has 5 heteroatoms. The first-order valence-corrected chi connectivity index (χ1v) is 8.60. The first-order chi connectivity index (χ1) is 11.4. The maximum Gasteiger partial charge on any atom is 0.255 e. The fourth-order valence-corrected chi connectivity index (χ4v) is 3.42. The SMILES string of the molecule is Cc1cc(C)n(CC(C)NC(=O)c2cc3c(cc2O)CCCC3)n1. The lowest BCUT2D eigenvalue weighted by Crippen LogP contribution is -2.36. The minimum Gasteiger partial charge on any atom is -0.507 e. The molecule has 128 valence electrons. The van der Waals surface area contributed by atoms with E-state index in [1.165, 1.54) is 11.1 Å². The average molecular weight is 327 g/mol. The van der Waals surface area contributed by atoms with Gasteiger partial charge in [-0.2, -0.15) is 5.10 Å². The molecule has 0 bridgehead atoms. The van der Waals surface area contributed by atoms with Crippen LogP contribution in [0.15, 0.2) is 18.2 Å². The Hall–Kier alpha value is -2.30. The second-order valence-corrected chi connectivity index (χ2v) is 6.83. The topological polar surface area (TPSA) is 67.2 Å². The number of aromatic hydroxyl groups is 1. The van der Waals surface area contributed by atoms with Crippen LogP contribution in [-0.4, -0.2) is 26.8 Å². The minimum absolute atomic E-state index is 0.0754. The highest BCUT2D eigenvalue weighted by atomic mass is 16.3. The van der Waals surface area contributed by atoms with Gasteiger partial charge in [-0.25, -0.2) is 0 Å². The molecule has 0 fully saturated rings. The predicted molar refractivity (Wildman–Crippen MR) is 93.4 cm³/mol. The molecule has 1 aliphatic carbocycles. The maximum atomic E-state index is 12.5. The number of aryl methyl sites for hydroxylation is 4. The average Bonchev–Trinajstić information content (AvgIpc) is 2.83. The second-order valence-electron chi connectivity index (χ2n) is 6.83. The zero-order valence-corrected chi connectivity index (χ0v) is 14.6. The maximum absolute atomic E-state index is 12.5. The molecule has 1 atom stereocenters. The molecule has 1 aromatic carbocycles. The van der Waals surface area contributed by atoms with Crippen molar-refractivity contribution < 1.29 is 9.90 Å². The van der Waals surface area contributed by atoms with E-state index in [2.05, 4.69) is 10.4 Å². The monoisotopic (exact) mass is 327 g/mol. The zero-order chi connectivity index (χ0) is 17.3. The molecule has 1 aromatic heterocycles. The standard InChI is InChI=1S/C19H25N3O2/c1-12-8-14(3)22(21-12)11-13(2)20-19(24)17-9-15-6-4-5-7-16(15)10-18(17)23/h8-10,13,23H,4-7,11H2,1-3H3,(H,20,24). The van der Waals surface area contributed by atoms with E-state index < -0.39 is 0 Å². The van der Waals surface area contributed by atoms with Crippen molar-refractivity contribution in [3.63, 3.8) is 0 Å². The fourth-order valence-electron chi connectivity index (χ4n) is 3.42. The summed E-state index contributed by atoms with van der Waals surface area (Å²) in [5.74, 6) is -0.152. The van der Waals surface area contributed by atoms with Crippen LogP contribution in [0.1, 0.15) is 52.6 Å².